The first-order valence-electron chi connectivity index (χ1n) is 6.74. The van der Waals surface area contributed by atoms with E-state index < -0.39 is 0 Å². The highest BCUT2D eigenvalue weighted by Gasteiger charge is 2.55. The van der Waals surface area contributed by atoms with Gasteiger partial charge in [-0.25, -0.2) is 0 Å². The Kier molecular flexibility index (Phi) is 3.24. The first-order valence-corrected chi connectivity index (χ1v) is 7.62. The predicted octanol–water partition coefficient (Wildman–Crippen LogP) is 2.59. The van der Waals surface area contributed by atoms with E-state index in [0.29, 0.717) is 12.5 Å². The molecule has 3 rings (SSSR count). The maximum Gasteiger partial charge on any atom is 0.0662 e. The second-order valence-electron chi connectivity index (χ2n) is 5.54. The lowest BCUT2D eigenvalue weighted by molar-refractivity contribution is 0.114. The van der Waals surface area contributed by atoms with Crippen LogP contribution in [0.4, 0.5) is 0 Å². The molecule has 2 fully saturated rings. The summed E-state index contributed by atoms with van der Waals surface area (Å²) in [5.41, 5.74) is 5.87. The van der Waals surface area contributed by atoms with E-state index in [1.165, 1.54) is 30.6 Å². The number of aliphatic hydroxyl groups is 1. The van der Waals surface area contributed by atoms with Crippen LogP contribution in [0.1, 0.15) is 36.5 Å². The molecule has 0 saturated heterocycles. The summed E-state index contributed by atoms with van der Waals surface area (Å²) >= 11 is 1.72. The van der Waals surface area contributed by atoms with Gasteiger partial charge in [-0.05, 0) is 42.0 Å². The van der Waals surface area contributed by atoms with Crippen molar-refractivity contribution in [2.24, 2.45) is 23.5 Å². The molecule has 2 saturated carbocycles. The highest BCUT2D eigenvalue weighted by Crippen LogP contribution is 2.58. The summed E-state index contributed by atoms with van der Waals surface area (Å²) in [6, 6.07) is 4.16. The lowest BCUT2D eigenvalue weighted by Crippen LogP contribution is -2.28. The molecule has 94 valence electrons. The van der Waals surface area contributed by atoms with Crippen LogP contribution in [0.5, 0.6) is 0 Å². The van der Waals surface area contributed by atoms with Crippen LogP contribution < -0.4 is 5.73 Å². The highest BCUT2D eigenvalue weighted by atomic mass is 32.1. The van der Waals surface area contributed by atoms with E-state index >= 15 is 0 Å². The first-order chi connectivity index (χ1) is 8.33. The Morgan fingerprint density at radius 1 is 1.35 bits per heavy atom. The Morgan fingerprint density at radius 3 is 2.59 bits per heavy atom. The molecular weight excluding hydrogens is 230 g/mol. The summed E-state index contributed by atoms with van der Waals surface area (Å²) in [7, 11) is 0. The molecule has 17 heavy (non-hydrogen) atoms. The molecular formula is C14H21NOS. The van der Waals surface area contributed by atoms with Crippen LogP contribution >= 0.6 is 11.3 Å². The SMILES string of the molecule is NCC(c1cccs1)C(O)C1C2CCCCC21. The highest BCUT2D eigenvalue weighted by molar-refractivity contribution is 7.10. The van der Waals surface area contributed by atoms with Crippen LogP contribution in [0, 0.1) is 17.8 Å². The zero-order chi connectivity index (χ0) is 11.8. The van der Waals surface area contributed by atoms with Gasteiger partial charge in [0.25, 0.3) is 0 Å². The molecule has 1 aromatic rings. The molecule has 1 heterocycles. The van der Waals surface area contributed by atoms with Crippen molar-refractivity contribution in [3.63, 3.8) is 0 Å². The zero-order valence-electron chi connectivity index (χ0n) is 10.1. The molecule has 2 nitrogen and oxygen atoms in total. The van der Waals surface area contributed by atoms with Crippen molar-refractivity contribution in [1.82, 2.24) is 0 Å². The van der Waals surface area contributed by atoms with E-state index in [-0.39, 0.29) is 12.0 Å². The lowest BCUT2D eigenvalue weighted by atomic mass is 9.95. The van der Waals surface area contributed by atoms with Gasteiger partial charge in [0.1, 0.15) is 0 Å². The Balaban J connectivity index is 1.71. The van der Waals surface area contributed by atoms with Crippen LogP contribution in [0.2, 0.25) is 0 Å². The third-order valence-electron chi connectivity index (χ3n) is 4.69. The van der Waals surface area contributed by atoms with Gasteiger partial charge in [-0.1, -0.05) is 18.9 Å². The quantitative estimate of drug-likeness (QED) is 0.864. The minimum absolute atomic E-state index is 0.158. The molecule has 4 unspecified atom stereocenters. The maximum absolute atomic E-state index is 10.6. The van der Waals surface area contributed by atoms with Crippen molar-refractivity contribution in [1.29, 1.82) is 0 Å². The molecule has 0 bridgehead atoms. The second kappa shape index (κ2) is 4.71. The number of nitrogens with two attached hydrogens (primary N) is 1. The summed E-state index contributed by atoms with van der Waals surface area (Å²) in [4.78, 5) is 1.25. The Bertz CT molecular complexity index is 352. The molecule has 3 N–H and O–H groups in total. The van der Waals surface area contributed by atoms with E-state index in [2.05, 4.69) is 17.5 Å². The molecule has 0 aliphatic heterocycles. The van der Waals surface area contributed by atoms with Gasteiger partial charge in [-0.15, -0.1) is 11.3 Å². The Morgan fingerprint density at radius 2 is 2.06 bits per heavy atom. The molecule has 1 aromatic heterocycles. The lowest BCUT2D eigenvalue weighted by Gasteiger charge is -2.20. The Labute approximate surface area is 107 Å². The summed E-state index contributed by atoms with van der Waals surface area (Å²) < 4.78 is 0. The number of rotatable bonds is 4. The normalized spacial score (nSPS) is 35.1. The molecule has 0 amide bonds. The minimum atomic E-state index is -0.216. The van der Waals surface area contributed by atoms with E-state index in [4.69, 9.17) is 5.73 Å². The van der Waals surface area contributed by atoms with Gasteiger partial charge in [0, 0.05) is 17.3 Å². The van der Waals surface area contributed by atoms with Crippen LogP contribution in [0.3, 0.4) is 0 Å². The third kappa shape index (κ3) is 2.05. The summed E-state index contributed by atoms with van der Waals surface area (Å²) in [6.07, 6.45) is 5.15. The van der Waals surface area contributed by atoms with Crippen molar-refractivity contribution in [3.05, 3.63) is 22.4 Å². The van der Waals surface area contributed by atoms with Crippen LogP contribution in [0.15, 0.2) is 17.5 Å². The summed E-state index contributed by atoms with van der Waals surface area (Å²) in [5.74, 6) is 2.29. The molecule has 0 spiro atoms. The maximum atomic E-state index is 10.6. The fourth-order valence-corrected chi connectivity index (χ4v) is 4.63. The molecule has 0 radical (unpaired) electrons. The van der Waals surface area contributed by atoms with Crippen molar-refractivity contribution < 1.29 is 5.11 Å². The van der Waals surface area contributed by atoms with Gasteiger partial charge in [-0.3, -0.25) is 0 Å². The van der Waals surface area contributed by atoms with Gasteiger partial charge < -0.3 is 10.8 Å². The van der Waals surface area contributed by atoms with E-state index in [9.17, 15) is 5.11 Å². The number of hydrogen-bond acceptors (Lipinski definition) is 3. The van der Waals surface area contributed by atoms with Crippen LogP contribution in [0.25, 0.3) is 0 Å². The van der Waals surface area contributed by atoms with E-state index in [1.807, 2.05) is 0 Å². The van der Waals surface area contributed by atoms with Gasteiger partial charge >= 0.3 is 0 Å². The summed E-state index contributed by atoms with van der Waals surface area (Å²) in [5, 5.41) is 12.7. The van der Waals surface area contributed by atoms with Crippen molar-refractivity contribution >= 4 is 11.3 Å². The van der Waals surface area contributed by atoms with Gasteiger partial charge in [0.05, 0.1) is 6.10 Å². The van der Waals surface area contributed by atoms with Crippen molar-refractivity contribution in [2.75, 3.05) is 6.54 Å². The molecule has 3 heteroatoms. The largest absolute Gasteiger partial charge is 0.392 e. The van der Waals surface area contributed by atoms with Crippen molar-refractivity contribution in [2.45, 2.75) is 37.7 Å². The van der Waals surface area contributed by atoms with Gasteiger partial charge in [-0.2, -0.15) is 0 Å². The van der Waals surface area contributed by atoms with E-state index in [0.717, 1.165) is 11.8 Å². The van der Waals surface area contributed by atoms with E-state index in [1.54, 1.807) is 11.3 Å². The zero-order valence-corrected chi connectivity index (χ0v) is 10.9. The predicted molar refractivity (Wildman–Crippen MR) is 71.1 cm³/mol. The number of hydrogen-bond donors (Lipinski definition) is 2. The van der Waals surface area contributed by atoms with Gasteiger partial charge in [0.15, 0.2) is 0 Å². The number of thiophene rings is 1. The van der Waals surface area contributed by atoms with Crippen molar-refractivity contribution in [3.8, 4) is 0 Å². The first kappa shape index (κ1) is 11.7. The molecule has 4 atom stereocenters. The Hall–Kier alpha value is -0.380. The number of fused-ring (bicyclic) bond motifs is 1. The number of aliphatic hydroxyl groups excluding tert-OH is 1. The smallest absolute Gasteiger partial charge is 0.0662 e. The summed E-state index contributed by atoms with van der Waals surface area (Å²) in [6.45, 7) is 0.567. The molecule has 2 aliphatic carbocycles. The topological polar surface area (TPSA) is 46.2 Å². The molecule has 0 aromatic carbocycles. The average Bonchev–Trinajstić information content (AvgIpc) is 2.84. The fourth-order valence-electron chi connectivity index (χ4n) is 3.75. The van der Waals surface area contributed by atoms with Crippen LogP contribution in [-0.4, -0.2) is 17.8 Å². The monoisotopic (exact) mass is 251 g/mol. The fraction of sp³-hybridized carbons (Fsp3) is 0.714. The average molecular weight is 251 g/mol. The minimum Gasteiger partial charge on any atom is -0.392 e. The van der Waals surface area contributed by atoms with Gasteiger partial charge in [0.2, 0.25) is 0 Å². The second-order valence-corrected chi connectivity index (χ2v) is 6.52. The third-order valence-corrected chi connectivity index (χ3v) is 5.70. The molecule has 2 aliphatic rings. The standard InChI is InChI=1S/C14H21NOS/c15-8-11(12-6-3-7-17-12)14(16)13-9-4-1-2-5-10(9)13/h3,6-7,9-11,13-14,16H,1-2,4-5,8,15H2. The van der Waals surface area contributed by atoms with Crippen LogP contribution in [-0.2, 0) is 0 Å².